The lowest BCUT2D eigenvalue weighted by molar-refractivity contribution is -0.260. The maximum Gasteiger partial charge on any atom is 0.418 e. The molecular formula is C12H14F3NO3S. The van der Waals surface area contributed by atoms with E-state index in [9.17, 15) is 21.6 Å². The summed E-state index contributed by atoms with van der Waals surface area (Å²) in [6.07, 6.45) is -7.10. The quantitative estimate of drug-likeness (QED) is 0.838. The fourth-order valence-corrected chi connectivity index (χ4v) is 4.30. The normalized spacial score (nSPS) is 28.8. The topological polar surface area (TPSA) is 46.6 Å². The van der Waals surface area contributed by atoms with Gasteiger partial charge in [0.15, 0.2) is 15.9 Å². The Kier molecular flexibility index (Phi) is 3.83. The molecule has 0 amide bonds. The van der Waals surface area contributed by atoms with Crippen LogP contribution in [0.4, 0.5) is 13.2 Å². The van der Waals surface area contributed by atoms with Gasteiger partial charge in [-0.05, 0) is 19.1 Å². The minimum Gasteiger partial charge on any atom is -0.285 e. The van der Waals surface area contributed by atoms with Gasteiger partial charge in [0.1, 0.15) is 5.25 Å². The van der Waals surface area contributed by atoms with E-state index in [1.807, 2.05) is 0 Å². The molecule has 0 saturated carbocycles. The van der Waals surface area contributed by atoms with Gasteiger partial charge in [-0.15, -0.1) is 0 Å². The van der Waals surface area contributed by atoms with E-state index in [0.717, 1.165) is 5.06 Å². The van der Waals surface area contributed by atoms with Crippen molar-refractivity contribution >= 4 is 9.84 Å². The van der Waals surface area contributed by atoms with Crippen molar-refractivity contribution in [1.82, 2.24) is 5.06 Å². The fourth-order valence-electron chi connectivity index (χ4n) is 2.23. The Morgan fingerprint density at radius 3 is 2.25 bits per heavy atom. The zero-order valence-corrected chi connectivity index (χ0v) is 11.6. The van der Waals surface area contributed by atoms with Crippen LogP contribution < -0.4 is 0 Å². The molecule has 0 N–H and O–H groups in total. The first-order valence-corrected chi connectivity index (χ1v) is 7.45. The molecule has 1 aromatic carbocycles. The monoisotopic (exact) mass is 309 g/mol. The minimum atomic E-state index is -4.74. The number of halogens is 3. The maximum absolute atomic E-state index is 13.0. The number of hydrogen-bond acceptors (Lipinski definition) is 4. The van der Waals surface area contributed by atoms with E-state index in [-0.39, 0.29) is 4.90 Å². The lowest BCUT2D eigenvalue weighted by atomic mass is 10.1. The lowest BCUT2D eigenvalue weighted by Crippen LogP contribution is -2.45. The van der Waals surface area contributed by atoms with Crippen LogP contribution in [-0.4, -0.2) is 44.1 Å². The van der Waals surface area contributed by atoms with Crippen molar-refractivity contribution in [2.24, 2.45) is 0 Å². The molecule has 0 aromatic heterocycles. The average molecular weight is 309 g/mol. The first kappa shape index (κ1) is 15.3. The average Bonchev–Trinajstić information content (AvgIpc) is 2.67. The van der Waals surface area contributed by atoms with Gasteiger partial charge in [0.05, 0.1) is 10.9 Å². The largest absolute Gasteiger partial charge is 0.418 e. The smallest absolute Gasteiger partial charge is 0.285 e. The van der Waals surface area contributed by atoms with Gasteiger partial charge in [0, 0.05) is 7.05 Å². The Bertz CT molecular complexity index is 573. The van der Waals surface area contributed by atoms with Gasteiger partial charge in [-0.1, -0.05) is 18.2 Å². The summed E-state index contributed by atoms with van der Waals surface area (Å²) in [5.41, 5.74) is 0. The van der Waals surface area contributed by atoms with Crippen molar-refractivity contribution in [3.05, 3.63) is 30.3 Å². The Hall–Kier alpha value is -1.12. The molecule has 1 saturated heterocycles. The van der Waals surface area contributed by atoms with Crippen molar-refractivity contribution < 1.29 is 26.4 Å². The maximum atomic E-state index is 13.0. The number of rotatable bonds is 2. The Balaban J connectivity index is 2.48. The third-order valence-corrected chi connectivity index (χ3v) is 5.67. The molecular weight excluding hydrogens is 295 g/mol. The molecule has 0 unspecified atom stereocenters. The van der Waals surface area contributed by atoms with Crippen LogP contribution in [0.15, 0.2) is 35.2 Å². The van der Waals surface area contributed by atoms with Crippen LogP contribution >= 0.6 is 0 Å². The van der Waals surface area contributed by atoms with Crippen molar-refractivity contribution in [3.8, 4) is 0 Å². The number of hydroxylamine groups is 2. The molecule has 8 heteroatoms. The first-order valence-electron chi connectivity index (χ1n) is 5.91. The summed E-state index contributed by atoms with van der Waals surface area (Å²) >= 11 is 0. The van der Waals surface area contributed by atoms with Gasteiger partial charge in [0.2, 0.25) is 0 Å². The van der Waals surface area contributed by atoms with Gasteiger partial charge >= 0.3 is 6.18 Å². The summed E-state index contributed by atoms with van der Waals surface area (Å²) in [5, 5.41) is -0.738. The highest BCUT2D eigenvalue weighted by molar-refractivity contribution is 7.92. The minimum absolute atomic E-state index is 0.134. The second kappa shape index (κ2) is 5.01. The number of benzene rings is 1. The summed E-state index contributed by atoms with van der Waals surface area (Å²) in [4.78, 5) is 4.55. The number of nitrogens with zero attached hydrogens (tertiary/aromatic N) is 1. The molecule has 1 aromatic rings. The molecule has 0 aliphatic carbocycles. The lowest BCUT2D eigenvalue weighted by Gasteiger charge is -2.21. The molecule has 112 valence electrons. The Labute approximate surface area is 115 Å². The van der Waals surface area contributed by atoms with E-state index < -0.39 is 33.4 Å². The third-order valence-electron chi connectivity index (χ3n) is 3.38. The second-order valence-electron chi connectivity index (χ2n) is 4.68. The summed E-state index contributed by atoms with van der Waals surface area (Å²) in [6.45, 7) is 1.40. The molecule has 4 nitrogen and oxygen atoms in total. The van der Waals surface area contributed by atoms with Gasteiger partial charge in [0.25, 0.3) is 0 Å². The van der Waals surface area contributed by atoms with Crippen LogP contribution in [-0.2, 0) is 14.7 Å². The van der Waals surface area contributed by atoms with Gasteiger partial charge in [-0.3, -0.25) is 4.84 Å². The summed E-state index contributed by atoms with van der Waals surface area (Å²) in [5.74, 6) is 0. The predicted molar refractivity (Wildman–Crippen MR) is 65.6 cm³/mol. The van der Waals surface area contributed by atoms with E-state index >= 15 is 0 Å². The van der Waals surface area contributed by atoms with Crippen LogP contribution in [0, 0.1) is 0 Å². The molecule has 0 radical (unpaired) electrons. The highest BCUT2D eigenvalue weighted by Gasteiger charge is 2.59. The number of hydrogen-bond donors (Lipinski definition) is 0. The molecule has 20 heavy (non-hydrogen) atoms. The summed E-state index contributed by atoms with van der Waals surface area (Å²) in [7, 11) is -2.84. The van der Waals surface area contributed by atoms with Gasteiger partial charge < -0.3 is 0 Å². The number of alkyl halides is 3. The van der Waals surface area contributed by atoms with E-state index in [2.05, 4.69) is 4.84 Å². The Morgan fingerprint density at radius 2 is 1.75 bits per heavy atom. The standard InChI is InChI=1S/C12H14F3NO3S/c1-8-10(11(12(13,14)15)19-16(8)2)20(17,18)9-6-4-3-5-7-9/h3-8,10-11H,1-2H3/t8-,10-,11-/m1/s1. The van der Waals surface area contributed by atoms with Crippen LogP contribution in [0.2, 0.25) is 0 Å². The van der Waals surface area contributed by atoms with Gasteiger partial charge in [-0.2, -0.15) is 18.2 Å². The van der Waals surface area contributed by atoms with Gasteiger partial charge in [-0.25, -0.2) is 8.42 Å². The fraction of sp³-hybridized carbons (Fsp3) is 0.500. The zero-order chi connectivity index (χ0) is 15.1. The molecule has 1 fully saturated rings. The molecule has 0 bridgehead atoms. The summed E-state index contributed by atoms with van der Waals surface area (Å²) < 4.78 is 63.8. The molecule has 2 rings (SSSR count). The van der Waals surface area contributed by atoms with E-state index in [1.54, 1.807) is 6.07 Å². The highest BCUT2D eigenvalue weighted by Crippen LogP contribution is 2.38. The zero-order valence-electron chi connectivity index (χ0n) is 10.8. The van der Waals surface area contributed by atoms with Crippen LogP contribution in [0.5, 0.6) is 0 Å². The van der Waals surface area contributed by atoms with Crippen LogP contribution in [0.3, 0.4) is 0 Å². The van der Waals surface area contributed by atoms with E-state index in [0.29, 0.717) is 0 Å². The van der Waals surface area contributed by atoms with E-state index in [1.165, 1.54) is 38.2 Å². The van der Waals surface area contributed by atoms with Crippen molar-refractivity contribution in [2.45, 2.75) is 35.4 Å². The third kappa shape index (κ3) is 2.55. The predicted octanol–water partition coefficient (Wildman–Crippen LogP) is 2.03. The highest BCUT2D eigenvalue weighted by atomic mass is 32.2. The first-order chi connectivity index (χ1) is 9.15. The molecule has 0 spiro atoms. The van der Waals surface area contributed by atoms with Crippen molar-refractivity contribution in [3.63, 3.8) is 0 Å². The van der Waals surface area contributed by atoms with Crippen molar-refractivity contribution in [1.29, 1.82) is 0 Å². The van der Waals surface area contributed by atoms with Crippen LogP contribution in [0.1, 0.15) is 6.92 Å². The summed E-state index contributed by atoms with van der Waals surface area (Å²) in [6, 6.07) is 6.22. The second-order valence-corrected chi connectivity index (χ2v) is 6.78. The molecule has 3 atom stereocenters. The Morgan fingerprint density at radius 1 is 1.20 bits per heavy atom. The molecule has 1 aliphatic heterocycles. The molecule has 1 heterocycles. The number of sulfone groups is 1. The SMILES string of the molecule is C[C@@H]1[C@@H](S(=O)(=O)c2ccccc2)[C@H](C(F)(F)F)ON1C. The van der Waals surface area contributed by atoms with E-state index in [4.69, 9.17) is 0 Å². The van der Waals surface area contributed by atoms with Crippen LogP contribution in [0.25, 0.3) is 0 Å². The van der Waals surface area contributed by atoms with Crippen molar-refractivity contribution in [2.75, 3.05) is 7.05 Å². The molecule has 1 aliphatic rings.